The Balaban J connectivity index is 2.60. The SMILES string of the molecule is COCC(CO)NC(=O)c1ccc(F)nc1. The highest BCUT2D eigenvalue weighted by Gasteiger charge is 2.12. The molecule has 1 amide bonds. The van der Waals surface area contributed by atoms with E-state index in [4.69, 9.17) is 9.84 Å². The van der Waals surface area contributed by atoms with Crippen LogP contribution in [0.15, 0.2) is 18.3 Å². The molecule has 0 fully saturated rings. The van der Waals surface area contributed by atoms with E-state index in [9.17, 15) is 9.18 Å². The van der Waals surface area contributed by atoms with Crippen LogP contribution in [-0.4, -0.2) is 42.4 Å². The number of rotatable bonds is 5. The van der Waals surface area contributed by atoms with Gasteiger partial charge in [0.1, 0.15) is 0 Å². The van der Waals surface area contributed by atoms with E-state index in [1.807, 2.05) is 0 Å². The molecule has 5 nitrogen and oxygen atoms in total. The van der Waals surface area contributed by atoms with Crippen LogP contribution in [0.4, 0.5) is 4.39 Å². The first-order valence-corrected chi connectivity index (χ1v) is 4.69. The van der Waals surface area contributed by atoms with Gasteiger partial charge in [-0.3, -0.25) is 4.79 Å². The molecule has 1 unspecified atom stereocenters. The monoisotopic (exact) mass is 228 g/mol. The highest BCUT2D eigenvalue weighted by atomic mass is 19.1. The molecule has 0 saturated carbocycles. The summed E-state index contributed by atoms with van der Waals surface area (Å²) in [5.41, 5.74) is 0.232. The average Bonchev–Trinajstić information content (AvgIpc) is 2.29. The smallest absolute Gasteiger partial charge is 0.253 e. The summed E-state index contributed by atoms with van der Waals surface area (Å²) in [6, 6.07) is 1.93. The van der Waals surface area contributed by atoms with Crippen LogP contribution >= 0.6 is 0 Å². The molecule has 1 heterocycles. The molecule has 0 aliphatic rings. The van der Waals surface area contributed by atoms with Crippen molar-refractivity contribution in [1.82, 2.24) is 10.3 Å². The van der Waals surface area contributed by atoms with Gasteiger partial charge in [-0.25, -0.2) is 4.98 Å². The van der Waals surface area contributed by atoms with Crippen LogP contribution in [0.5, 0.6) is 0 Å². The summed E-state index contributed by atoms with van der Waals surface area (Å²) in [5.74, 6) is -1.07. The number of nitrogens with zero attached hydrogens (tertiary/aromatic N) is 1. The maximum absolute atomic E-state index is 12.5. The van der Waals surface area contributed by atoms with Crippen molar-refractivity contribution in [2.24, 2.45) is 0 Å². The maximum atomic E-state index is 12.5. The largest absolute Gasteiger partial charge is 0.394 e. The molecule has 6 heteroatoms. The molecule has 0 bridgehead atoms. The second-order valence-corrected chi connectivity index (χ2v) is 3.18. The van der Waals surface area contributed by atoms with Crippen molar-refractivity contribution in [3.05, 3.63) is 29.8 Å². The second-order valence-electron chi connectivity index (χ2n) is 3.18. The zero-order valence-corrected chi connectivity index (χ0v) is 8.81. The van der Waals surface area contributed by atoms with Gasteiger partial charge in [-0.05, 0) is 12.1 Å². The van der Waals surface area contributed by atoms with Crippen molar-refractivity contribution >= 4 is 5.91 Å². The molecule has 0 spiro atoms. The number of pyridine rings is 1. The number of carbonyl (C=O) groups is 1. The summed E-state index contributed by atoms with van der Waals surface area (Å²) in [6.07, 6.45) is 1.13. The first-order valence-electron chi connectivity index (χ1n) is 4.69. The summed E-state index contributed by atoms with van der Waals surface area (Å²) in [6.45, 7) is -0.0228. The normalized spacial score (nSPS) is 12.2. The second kappa shape index (κ2) is 6.14. The fourth-order valence-electron chi connectivity index (χ4n) is 1.12. The number of methoxy groups -OCH3 is 1. The number of aliphatic hydroxyl groups is 1. The van der Waals surface area contributed by atoms with Gasteiger partial charge in [-0.1, -0.05) is 0 Å². The van der Waals surface area contributed by atoms with E-state index < -0.39 is 17.9 Å². The molecule has 88 valence electrons. The van der Waals surface area contributed by atoms with E-state index in [1.54, 1.807) is 0 Å². The Labute approximate surface area is 92.3 Å². The van der Waals surface area contributed by atoms with Gasteiger partial charge < -0.3 is 15.2 Å². The molecule has 1 atom stereocenters. The predicted octanol–water partition coefficient (Wildman–Crippen LogP) is -0.0422. The van der Waals surface area contributed by atoms with Crippen LogP contribution in [0.25, 0.3) is 0 Å². The number of carbonyl (C=O) groups excluding carboxylic acids is 1. The maximum Gasteiger partial charge on any atom is 0.253 e. The highest BCUT2D eigenvalue weighted by Crippen LogP contribution is 1.99. The number of halogens is 1. The summed E-state index contributed by atoms with van der Waals surface area (Å²) in [7, 11) is 1.47. The third kappa shape index (κ3) is 3.56. The lowest BCUT2D eigenvalue weighted by Gasteiger charge is -2.14. The molecular weight excluding hydrogens is 215 g/mol. The highest BCUT2D eigenvalue weighted by molar-refractivity contribution is 5.94. The topological polar surface area (TPSA) is 71.5 Å². The summed E-state index contributed by atoms with van der Waals surface area (Å²) in [4.78, 5) is 14.9. The summed E-state index contributed by atoms with van der Waals surface area (Å²) < 4.78 is 17.3. The molecule has 0 aliphatic heterocycles. The molecular formula is C10H13FN2O3. The van der Waals surface area contributed by atoms with Crippen LogP contribution < -0.4 is 5.32 Å². The molecule has 1 aromatic rings. The van der Waals surface area contributed by atoms with E-state index in [-0.39, 0.29) is 18.8 Å². The Morgan fingerprint density at radius 2 is 2.44 bits per heavy atom. The number of amides is 1. The number of aliphatic hydroxyl groups excluding tert-OH is 1. The quantitative estimate of drug-likeness (QED) is 0.693. The number of aromatic nitrogens is 1. The summed E-state index contributed by atoms with van der Waals surface area (Å²) >= 11 is 0. The van der Waals surface area contributed by atoms with E-state index in [1.165, 1.54) is 13.2 Å². The summed E-state index contributed by atoms with van der Waals surface area (Å²) in [5, 5.41) is 11.5. The first kappa shape index (κ1) is 12.5. The van der Waals surface area contributed by atoms with Crippen LogP contribution in [0, 0.1) is 5.95 Å². The van der Waals surface area contributed by atoms with Crippen LogP contribution in [0.2, 0.25) is 0 Å². The zero-order valence-electron chi connectivity index (χ0n) is 8.81. The van der Waals surface area contributed by atoms with Gasteiger partial charge in [-0.2, -0.15) is 4.39 Å². The fourth-order valence-corrected chi connectivity index (χ4v) is 1.12. The van der Waals surface area contributed by atoms with Crippen LogP contribution in [0.1, 0.15) is 10.4 Å². The molecule has 1 rings (SSSR count). The Hall–Kier alpha value is -1.53. The van der Waals surface area contributed by atoms with Crippen LogP contribution in [0.3, 0.4) is 0 Å². The Morgan fingerprint density at radius 1 is 1.69 bits per heavy atom. The van der Waals surface area contributed by atoms with E-state index in [0.717, 1.165) is 12.3 Å². The zero-order chi connectivity index (χ0) is 12.0. The molecule has 0 radical (unpaired) electrons. The lowest BCUT2D eigenvalue weighted by atomic mass is 10.2. The van der Waals surface area contributed by atoms with Gasteiger partial charge >= 0.3 is 0 Å². The van der Waals surface area contributed by atoms with Gasteiger partial charge in [0.25, 0.3) is 5.91 Å². The minimum atomic E-state index is -0.646. The first-order chi connectivity index (χ1) is 7.67. The Bertz CT molecular complexity index is 342. The molecule has 16 heavy (non-hydrogen) atoms. The van der Waals surface area contributed by atoms with E-state index in [0.29, 0.717) is 0 Å². The standard InChI is InChI=1S/C10H13FN2O3/c1-16-6-8(5-14)13-10(15)7-2-3-9(11)12-4-7/h2-4,8,14H,5-6H2,1H3,(H,13,15). The van der Waals surface area contributed by atoms with Crippen molar-refractivity contribution < 1.29 is 19.0 Å². The van der Waals surface area contributed by atoms with Crippen molar-refractivity contribution in [2.75, 3.05) is 20.3 Å². The molecule has 0 saturated heterocycles. The molecule has 0 aromatic carbocycles. The lowest BCUT2D eigenvalue weighted by Crippen LogP contribution is -2.40. The van der Waals surface area contributed by atoms with Crippen molar-refractivity contribution in [3.8, 4) is 0 Å². The van der Waals surface area contributed by atoms with E-state index in [2.05, 4.69) is 10.3 Å². The Kier molecular flexibility index (Phi) is 4.81. The predicted molar refractivity (Wildman–Crippen MR) is 54.4 cm³/mol. The molecule has 1 aromatic heterocycles. The van der Waals surface area contributed by atoms with Crippen molar-refractivity contribution in [2.45, 2.75) is 6.04 Å². The minimum Gasteiger partial charge on any atom is -0.394 e. The number of hydrogen-bond acceptors (Lipinski definition) is 4. The average molecular weight is 228 g/mol. The van der Waals surface area contributed by atoms with Crippen LogP contribution in [-0.2, 0) is 4.74 Å². The third-order valence-electron chi connectivity index (χ3n) is 1.91. The van der Waals surface area contributed by atoms with Gasteiger partial charge in [0.15, 0.2) is 0 Å². The van der Waals surface area contributed by atoms with Gasteiger partial charge in [0.2, 0.25) is 5.95 Å². The number of hydrogen-bond donors (Lipinski definition) is 2. The third-order valence-corrected chi connectivity index (χ3v) is 1.91. The minimum absolute atomic E-state index is 0.205. The van der Waals surface area contributed by atoms with Crippen molar-refractivity contribution in [3.63, 3.8) is 0 Å². The van der Waals surface area contributed by atoms with E-state index >= 15 is 0 Å². The molecule has 2 N–H and O–H groups in total. The Morgan fingerprint density at radius 3 is 2.94 bits per heavy atom. The molecule has 0 aliphatic carbocycles. The van der Waals surface area contributed by atoms with Gasteiger partial charge in [0.05, 0.1) is 24.8 Å². The lowest BCUT2D eigenvalue weighted by molar-refractivity contribution is 0.0839. The fraction of sp³-hybridized carbons (Fsp3) is 0.400. The van der Waals surface area contributed by atoms with Gasteiger partial charge in [-0.15, -0.1) is 0 Å². The van der Waals surface area contributed by atoms with Crippen molar-refractivity contribution in [1.29, 1.82) is 0 Å². The van der Waals surface area contributed by atoms with Gasteiger partial charge in [0, 0.05) is 13.3 Å². The number of ether oxygens (including phenoxy) is 1. The number of nitrogens with one attached hydrogen (secondary N) is 1.